The van der Waals surface area contributed by atoms with Crippen LogP contribution in [0.3, 0.4) is 0 Å². The standard InChI is InChI=1S/C21H33N2O6P.H2/c22-16-8-2-5-11-18(20(25)26)29-30(27,28)21(14-6-7-15-21)23-19(24)13-12-17-9-3-1-4-10-17;/h1,3-4,9-10,18H,2,5-8,11-16,22H2,(H,23,24)(H,25,26)(H,27,28);1H. The lowest BCUT2D eigenvalue weighted by Gasteiger charge is -2.35. The second-order valence-corrected chi connectivity index (χ2v) is 9.97. The van der Waals surface area contributed by atoms with Gasteiger partial charge < -0.3 is 21.1 Å². The summed E-state index contributed by atoms with van der Waals surface area (Å²) >= 11 is 0. The van der Waals surface area contributed by atoms with Gasteiger partial charge in [-0.05, 0) is 44.2 Å². The summed E-state index contributed by atoms with van der Waals surface area (Å²) in [6.07, 6.45) is 3.34. The molecule has 0 bridgehead atoms. The molecule has 9 heteroatoms. The topological polar surface area (TPSA) is 139 Å². The molecule has 1 aromatic rings. The molecule has 1 saturated carbocycles. The molecule has 0 aliphatic heterocycles. The molecule has 2 unspecified atom stereocenters. The molecule has 0 aromatic heterocycles. The number of unbranched alkanes of at least 4 members (excludes halogenated alkanes) is 2. The molecule has 1 aliphatic carbocycles. The fourth-order valence-electron chi connectivity index (χ4n) is 3.81. The fourth-order valence-corrected chi connectivity index (χ4v) is 5.70. The van der Waals surface area contributed by atoms with E-state index in [0.717, 1.165) is 18.4 Å². The number of carbonyl (C=O) groups excluding carboxylic acids is 1. The van der Waals surface area contributed by atoms with Crippen LogP contribution in [0.4, 0.5) is 0 Å². The zero-order chi connectivity index (χ0) is 22.0. The van der Waals surface area contributed by atoms with Crippen LogP contribution in [-0.2, 0) is 25.1 Å². The van der Waals surface area contributed by atoms with E-state index in [1.807, 2.05) is 30.3 Å². The van der Waals surface area contributed by atoms with Gasteiger partial charge in [0.2, 0.25) is 5.91 Å². The summed E-state index contributed by atoms with van der Waals surface area (Å²) in [7, 11) is -4.42. The highest BCUT2D eigenvalue weighted by Gasteiger charge is 2.53. The molecule has 30 heavy (non-hydrogen) atoms. The van der Waals surface area contributed by atoms with Crippen LogP contribution in [0, 0.1) is 0 Å². The lowest BCUT2D eigenvalue weighted by atomic mass is 10.1. The Morgan fingerprint density at radius 3 is 2.47 bits per heavy atom. The Balaban J connectivity index is 0.00000480. The van der Waals surface area contributed by atoms with E-state index in [2.05, 4.69) is 5.32 Å². The lowest BCUT2D eigenvalue weighted by Crippen LogP contribution is -2.47. The highest BCUT2D eigenvalue weighted by Crippen LogP contribution is 2.61. The molecule has 2 atom stereocenters. The van der Waals surface area contributed by atoms with Crippen molar-refractivity contribution in [3.63, 3.8) is 0 Å². The van der Waals surface area contributed by atoms with E-state index in [4.69, 9.17) is 10.3 Å². The molecule has 0 saturated heterocycles. The first-order valence-electron chi connectivity index (χ1n) is 10.6. The van der Waals surface area contributed by atoms with Crippen LogP contribution < -0.4 is 11.1 Å². The maximum atomic E-state index is 13.2. The van der Waals surface area contributed by atoms with Crippen molar-refractivity contribution in [2.45, 2.75) is 75.6 Å². The third-order valence-corrected chi connectivity index (χ3v) is 7.72. The molecule has 1 amide bonds. The summed E-state index contributed by atoms with van der Waals surface area (Å²) in [5.41, 5.74) is 6.44. The summed E-state index contributed by atoms with van der Waals surface area (Å²) in [6.45, 7) is 0.509. The predicted octanol–water partition coefficient (Wildman–Crippen LogP) is 3.43. The maximum Gasteiger partial charge on any atom is 0.354 e. The van der Waals surface area contributed by atoms with E-state index in [1.54, 1.807) is 0 Å². The van der Waals surface area contributed by atoms with Crippen LogP contribution in [-0.4, -0.2) is 39.8 Å². The smallest absolute Gasteiger partial charge is 0.354 e. The number of aliphatic carboxylic acids is 1. The largest absolute Gasteiger partial charge is 0.479 e. The van der Waals surface area contributed by atoms with E-state index in [1.165, 1.54) is 0 Å². The van der Waals surface area contributed by atoms with E-state index in [0.29, 0.717) is 32.2 Å². The summed E-state index contributed by atoms with van der Waals surface area (Å²) in [5.74, 6) is -1.62. The summed E-state index contributed by atoms with van der Waals surface area (Å²) < 4.78 is 18.5. The maximum absolute atomic E-state index is 13.2. The highest BCUT2D eigenvalue weighted by molar-refractivity contribution is 7.54. The number of nitrogens with two attached hydrogens (primary N) is 1. The van der Waals surface area contributed by atoms with Gasteiger partial charge in [0.15, 0.2) is 6.10 Å². The van der Waals surface area contributed by atoms with Gasteiger partial charge in [0, 0.05) is 7.85 Å². The van der Waals surface area contributed by atoms with E-state index >= 15 is 0 Å². The molecule has 0 radical (unpaired) electrons. The van der Waals surface area contributed by atoms with Crippen molar-refractivity contribution in [2.24, 2.45) is 5.73 Å². The molecular weight excluding hydrogens is 407 g/mol. The van der Waals surface area contributed by atoms with Crippen molar-refractivity contribution in [3.05, 3.63) is 35.9 Å². The van der Waals surface area contributed by atoms with Gasteiger partial charge in [0.25, 0.3) is 0 Å². The lowest BCUT2D eigenvalue weighted by molar-refractivity contribution is -0.146. The van der Waals surface area contributed by atoms with Crippen molar-refractivity contribution < 1.29 is 30.1 Å². The van der Waals surface area contributed by atoms with E-state index in [9.17, 15) is 24.2 Å². The number of nitrogens with one attached hydrogen (secondary N) is 1. The zero-order valence-corrected chi connectivity index (χ0v) is 18.2. The second-order valence-electron chi connectivity index (χ2n) is 7.86. The Morgan fingerprint density at radius 2 is 1.87 bits per heavy atom. The second kappa shape index (κ2) is 11.6. The number of carboxylic acid groups (broad SMARTS) is 1. The SMILES string of the molecule is NCCCCCC(OP(=O)(O)C1(NC(=O)CCc2ccccc2)CCCC1)C(=O)O.[HH]. The van der Waals surface area contributed by atoms with Crippen LogP contribution >= 0.6 is 7.60 Å². The van der Waals surface area contributed by atoms with Crippen molar-refractivity contribution in [3.8, 4) is 0 Å². The normalized spacial score (nSPS) is 18.5. The van der Waals surface area contributed by atoms with Crippen molar-refractivity contribution in [2.75, 3.05) is 6.54 Å². The first-order chi connectivity index (χ1) is 14.3. The highest BCUT2D eigenvalue weighted by atomic mass is 31.2. The van der Waals surface area contributed by atoms with Gasteiger partial charge in [-0.25, -0.2) is 4.79 Å². The number of aryl methyl sites for hydroxylation is 1. The zero-order valence-electron chi connectivity index (χ0n) is 17.3. The molecule has 1 aliphatic rings. The van der Waals surface area contributed by atoms with Crippen LogP contribution in [0.25, 0.3) is 0 Å². The Morgan fingerprint density at radius 1 is 1.20 bits per heavy atom. The molecule has 5 N–H and O–H groups in total. The number of rotatable bonds is 13. The van der Waals surface area contributed by atoms with Crippen molar-refractivity contribution >= 4 is 19.5 Å². The predicted molar refractivity (Wildman–Crippen MR) is 116 cm³/mol. The minimum atomic E-state index is -4.42. The third-order valence-electron chi connectivity index (χ3n) is 5.54. The Hall–Kier alpha value is -1.73. The Bertz CT molecular complexity index is 743. The molecule has 1 aromatic carbocycles. The van der Waals surface area contributed by atoms with Gasteiger partial charge in [0.05, 0.1) is 0 Å². The average molecular weight is 442 g/mol. The molecule has 170 valence electrons. The first-order valence-corrected chi connectivity index (χ1v) is 12.2. The summed E-state index contributed by atoms with van der Waals surface area (Å²) in [5, 5.41) is 10.8. The van der Waals surface area contributed by atoms with Crippen molar-refractivity contribution in [1.29, 1.82) is 0 Å². The number of hydrogen-bond donors (Lipinski definition) is 4. The number of carboxylic acids is 1. The fraction of sp³-hybridized carbons (Fsp3) is 0.619. The summed E-state index contributed by atoms with van der Waals surface area (Å²) in [4.78, 5) is 34.9. The summed E-state index contributed by atoms with van der Waals surface area (Å²) in [6, 6.07) is 9.51. The van der Waals surface area contributed by atoms with Gasteiger partial charge in [0.1, 0.15) is 5.28 Å². The van der Waals surface area contributed by atoms with Gasteiger partial charge in [-0.3, -0.25) is 13.9 Å². The van der Waals surface area contributed by atoms with Gasteiger partial charge in [-0.15, -0.1) is 0 Å². The molecule has 2 rings (SSSR count). The molecule has 0 spiro atoms. The van der Waals surface area contributed by atoms with Crippen LogP contribution in [0.5, 0.6) is 0 Å². The third kappa shape index (κ3) is 6.91. The Labute approximate surface area is 179 Å². The monoisotopic (exact) mass is 442 g/mol. The van der Waals surface area contributed by atoms with Crippen molar-refractivity contribution in [1.82, 2.24) is 5.32 Å². The number of hydrogen-bond acceptors (Lipinski definition) is 5. The van der Waals surface area contributed by atoms with Crippen LogP contribution in [0.2, 0.25) is 0 Å². The average Bonchev–Trinajstić information content (AvgIpc) is 3.19. The Kier molecular flexibility index (Phi) is 9.49. The minimum absolute atomic E-state index is 0. The van der Waals surface area contributed by atoms with Crippen LogP contribution in [0.1, 0.15) is 64.8 Å². The molecule has 1 fully saturated rings. The van der Waals surface area contributed by atoms with E-state index < -0.39 is 24.9 Å². The molecule has 0 heterocycles. The molecule has 8 nitrogen and oxygen atoms in total. The number of amides is 1. The quantitative estimate of drug-likeness (QED) is 0.271. The first kappa shape index (κ1) is 24.5. The van der Waals surface area contributed by atoms with Crippen LogP contribution in [0.15, 0.2) is 30.3 Å². The van der Waals surface area contributed by atoms with Gasteiger partial charge in [-0.2, -0.15) is 0 Å². The number of carbonyl (C=O) groups is 2. The van der Waals surface area contributed by atoms with Gasteiger partial charge in [-0.1, -0.05) is 56.0 Å². The minimum Gasteiger partial charge on any atom is -0.479 e. The molecular formula is C21H35N2O6P. The number of benzene rings is 1. The van der Waals surface area contributed by atoms with Gasteiger partial charge >= 0.3 is 13.6 Å². The van der Waals surface area contributed by atoms with E-state index in [-0.39, 0.29) is 33.0 Å².